The summed E-state index contributed by atoms with van der Waals surface area (Å²) in [6.07, 6.45) is 4.26. The molecule has 0 heterocycles. The first-order chi connectivity index (χ1) is 8.95. The molecular weight excluding hydrogens is 247 g/mol. The predicted molar refractivity (Wildman–Crippen MR) is 70.9 cm³/mol. The van der Waals surface area contributed by atoms with Crippen molar-refractivity contribution in [1.82, 2.24) is 5.32 Å². The topological polar surface area (TPSA) is 64.3 Å². The molecule has 0 saturated heterocycles. The Kier molecular flexibility index (Phi) is 5.34. The SMILES string of the molecule is C#CCNC(=O)C(C)Oc1cc(F)ccc1C(C)N. The summed E-state index contributed by atoms with van der Waals surface area (Å²) in [5, 5.41) is 2.49. The van der Waals surface area contributed by atoms with Crippen molar-refractivity contribution in [3.63, 3.8) is 0 Å². The van der Waals surface area contributed by atoms with Gasteiger partial charge in [0.2, 0.25) is 0 Å². The van der Waals surface area contributed by atoms with Gasteiger partial charge >= 0.3 is 0 Å². The van der Waals surface area contributed by atoms with Crippen LogP contribution in [0, 0.1) is 18.2 Å². The monoisotopic (exact) mass is 264 g/mol. The van der Waals surface area contributed by atoms with Crippen molar-refractivity contribution < 1.29 is 13.9 Å². The summed E-state index contributed by atoms with van der Waals surface area (Å²) in [5.41, 5.74) is 6.40. The van der Waals surface area contributed by atoms with E-state index in [2.05, 4.69) is 11.2 Å². The van der Waals surface area contributed by atoms with E-state index in [1.165, 1.54) is 12.1 Å². The second-order valence-corrected chi connectivity index (χ2v) is 4.15. The van der Waals surface area contributed by atoms with Crippen LogP contribution in [-0.4, -0.2) is 18.6 Å². The Morgan fingerprint density at radius 3 is 2.84 bits per heavy atom. The fourth-order valence-electron chi connectivity index (χ4n) is 1.51. The van der Waals surface area contributed by atoms with Gasteiger partial charge in [-0.05, 0) is 19.9 Å². The maximum atomic E-state index is 13.2. The third kappa shape index (κ3) is 4.27. The first kappa shape index (κ1) is 15.0. The molecule has 19 heavy (non-hydrogen) atoms. The Bertz CT molecular complexity index is 495. The first-order valence-corrected chi connectivity index (χ1v) is 5.88. The van der Waals surface area contributed by atoms with Gasteiger partial charge in [-0.15, -0.1) is 6.42 Å². The van der Waals surface area contributed by atoms with Crippen molar-refractivity contribution in [3.8, 4) is 18.1 Å². The zero-order chi connectivity index (χ0) is 14.4. The van der Waals surface area contributed by atoms with Crippen LogP contribution in [0.5, 0.6) is 5.75 Å². The van der Waals surface area contributed by atoms with Gasteiger partial charge in [0, 0.05) is 17.7 Å². The molecule has 1 aromatic carbocycles. The minimum atomic E-state index is -0.785. The number of amides is 1. The molecule has 102 valence electrons. The van der Waals surface area contributed by atoms with E-state index in [-0.39, 0.29) is 24.2 Å². The van der Waals surface area contributed by atoms with Gasteiger partial charge in [0.05, 0.1) is 6.54 Å². The summed E-state index contributed by atoms with van der Waals surface area (Å²) < 4.78 is 18.7. The highest BCUT2D eigenvalue weighted by Gasteiger charge is 2.17. The first-order valence-electron chi connectivity index (χ1n) is 5.88. The Labute approximate surface area is 112 Å². The van der Waals surface area contributed by atoms with Gasteiger partial charge in [-0.25, -0.2) is 4.39 Å². The summed E-state index contributed by atoms with van der Waals surface area (Å²) in [5.74, 6) is 1.74. The van der Waals surface area contributed by atoms with Crippen LogP contribution >= 0.6 is 0 Å². The second kappa shape index (κ2) is 6.76. The Balaban J connectivity index is 2.84. The average Bonchev–Trinajstić information content (AvgIpc) is 2.35. The Hall–Kier alpha value is -2.06. The number of ether oxygens (including phenoxy) is 1. The standard InChI is InChI=1S/C14H17FN2O2/c1-4-7-17-14(18)10(3)19-13-8-11(15)5-6-12(13)9(2)16/h1,5-6,8-10H,7,16H2,2-3H3,(H,17,18). The molecule has 0 bridgehead atoms. The summed E-state index contributed by atoms with van der Waals surface area (Å²) in [7, 11) is 0. The van der Waals surface area contributed by atoms with Crippen LogP contribution < -0.4 is 15.8 Å². The number of carbonyl (C=O) groups is 1. The van der Waals surface area contributed by atoms with Crippen LogP contribution in [0.3, 0.4) is 0 Å². The fraction of sp³-hybridized carbons (Fsp3) is 0.357. The van der Waals surface area contributed by atoms with E-state index in [4.69, 9.17) is 16.9 Å². The number of carbonyl (C=O) groups excluding carboxylic acids is 1. The number of halogens is 1. The van der Waals surface area contributed by atoms with Crippen LogP contribution in [0.4, 0.5) is 4.39 Å². The Morgan fingerprint density at radius 2 is 2.26 bits per heavy atom. The third-order valence-corrected chi connectivity index (χ3v) is 2.50. The summed E-state index contributed by atoms with van der Waals surface area (Å²) >= 11 is 0. The summed E-state index contributed by atoms with van der Waals surface area (Å²) in [4.78, 5) is 11.6. The molecule has 0 saturated carbocycles. The molecule has 1 amide bonds. The highest BCUT2D eigenvalue weighted by atomic mass is 19.1. The van der Waals surface area contributed by atoms with Gasteiger partial charge in [0.1, 0.15) is 11.6 Å². The lowest BCUT2D eigenvalue weighted by Crippen LogP contribution is -2.36. The molecule has 2 unspecified atom stereocenters. The molecule has 5 heteroatoms. The van der Waals surface area contributed by atoms with E-state index in [9.17, 15) is 9.18 Å². The van der Waals surface area contributed by atoms with E-state index < -0.39 is 11.9 Å². The highest BCUT2D eigenvalue weighted by Crippen LogP contribution is 2.25. The van der Waals surface area contributed by atoms with Crippen LogP contribution in [0.2, 0.25) is 0 Å². The third-order valence-electron chi connectivity index (χ3n) is 2.50. The predicted octanol–water partition coefficient (Wildman–Crippen LogP) is 1.36. The summed E-state index contributed by atoms with van der Waals surface area (Å²) in [6.45, 7) is 3.43. The number of rotatable bonds is 5. The molecule has 1 rings (SSSR count). The number of hydrogen-bond acceptors (Lipinski definition) is 3. The summed E-state index contributed by atoms with van der Waals surface area (Å²) in [6, 6.07) is 3.73. The number of hydrogen-bond donors (Lipinski definition) is 2. The van der Waals surface area contributed by atoms with Crippen molar-refractivity contribution in [2.45, 2.75) is 26.0 Å². The maximum absolute atomic E-state index is 13.2. The van der Waals surface area contributed by atoms with Crippen molar-refractivity contribution in [3.05, 3.63) is 29.6 Å². The molecule has 2 atom stereocenters. The molecular formula is C14H17FN2O2. The van der Waals surface area contributed by atoms with Gasteiger partial charge in [-0.3, -0.25) is 4.79 Å². The van der Waals surface area contributed by atoms with Crippen molar-refractivity contribution >= 4 is 5.91 Å². The number of nitrogens with one attached hydrogen (secondary N) is 1. The molecule has 0 aliphatic rings. The van der Waals surface area contributed by atoms with Gasteiger partial charge in [-0.2, -0.15) is 0 Å². The van der Waals surface area contributed by atoms with Crippen LogP contribution in [-0.2, 0) is 4.79 Å². The van der Waals surface area contributed by atoms with Crippen LogP contribution in [0.15, 0.2) is 18.2 Å². The normalized spacial score (nSPS) is 13.2. The van der Waals surface area contributed by atoms with Gasteiger partial charge in [-0.1, -0.05) is 12.0 Å². The smallest absolute Gasteiger partial charge is 0.261 e. The maximum Gasteiger partial charge on any atom is 0.261 e. The molecule has 3 N–H and O–H groups in total. The van der Waals surface area contributed by atoms with E-state index in [1.807, 2.05) is 0 Å². The Morgan fingerprint density at radius 1 is 1.58 bits per heavy atom. The highest BCUT2D eigenvalue weighted by molar-refractivity contribution is 5.80. The molecule has 0 spiro atoms. The quantitative estimate of drug-likeness (QED) is 0.789. The molecule has 0 aliphatic carbocycles. The van der Waals surface area contributed by atoms with Crippen molar-refractivity contribution in [1.29, 1.82) is 0 Å². The van der Waals surface area contributed by atoms with Crippen molar-refractivity contribution in [2.24, 2.45) is 5.73 Å². The van der Waals surface area contributed by atoms with Gasteiger partial charge in [0.25, 0.3) is 5.91 Å². The van der Waals surface area contributed by atoms with E-state index in [0.29, 0.717) is 5.56 Å². The lowest BCUT2D eigenvalue weighted by molar-refractivity contribution is -0.127. The minimum Gasteiger partial charge on any atom is -0.480 e. The second-order valence-electron chi connectivity index (χ2n) is 4.15. The zero-order valence-corrected chi connectivity index (χ0v) is 10.9. The zero-order valence-electron chi connectivity index (χ0n) is 10.9. The minimum absolute atomic E-state index is 0.121. The molecule has 0 radical (unpaired) electrons. The number of nitrogens with two attached hydrogens (primary N) is 1. The molecule has 1 aromatic rings. The fourth-order valence-corrected chi connectivity index (χ4v) is 1.51. The lowest BCUT2D eigenvalue weighted by atomic mass is 10.1. The number of benzene rings is 1. The van der Waals surface area contributed by atoms with Crippen molar-refractivity contribution in [2.75, 3.05) is 6.54 Å². The van der Waals surface area contributed by atoms with Crippen LogP contribution in [0.25, 0.3) is 0 Å². The molecule has 0 aromatic heterocycles. The molecule has 0 aliphatic heterocycles. The van der Waals surface area contributed by atoms with Gasteiger partial charge < -0.3 is 15.8 Å². The average molecular weight is 264 g/mol. The largest absolute Gasteiger partial charge is 0.480 e. The molecule has 4 nitrogen and oxygen atoms in total. The van der Waals surface area contributed by atoms with E-state index in [0.717, 1.165) is 0 Å². The van der Waals surface area contributed by atoms with Gasteiger partial charge in [0.15, 0.2) is 6.10 Å². The lowest BCUT2D eigenvalue weighted by Gasteiger charge is -2.18. The van der Waals surface area contributed by atoms with Crippen LogP contribution in [0.1, 0.15) is 25.5 Å². The number of terminal acetylenes is 1. The van der Waals surface area contributed by atoms with E-state index in [1.54, 1.807) is 19.9 Å². The van der Waals surface area contributed by atoms with E-state index >= 15 is 0 Å². The molecule has 0 fully saturated rings.